The van der Waals surface area contributed by atoms with Crippen LogP contribution in [0.25, 0.3) is 0 Å². The number of carbonyl (C=O) groups excluding carboxylic acids is 1. The molecule has 0 aliphatic rings. The van der Waals surface area contributed by atoms with E-state index < -0.39 is 75.2 Å². The molecular weight excluding hydrogens is 475 g/mol. The van der Waals surface area contributed by atoms with E-state index in [1.54, 1.807) is 12.1 Å². The smallest absolute Gasteiger partial charge is 0.249 e. The van der Waals surface area contributed by atoms with E-state index in [1.807, 2.05) is 0 Å². The van der Waals surface area contributed by atoms with Crippen LogP contribution >= 0.6 is 0 Å². The van der Waals surface area contributed by atoms with Crippen molar-refractivity contribution >= 4 is 15.9 Å². The maximum atomic E-state index is 14.1. The number of hydrogen-bond acceptors (Lipinski definition) is 5. The quantitative estimate of drug-likeness (QED) is 0.298. The molecule has 1 unspecified atom stereocenters. The van der Waals surface area contributed by atoms with Crippen molar-refractivity contribution in [2.45, 2.75) is 37.3 Å². The van der Waals surface area contributed by atoms with Crippen LogP contribution in [-0.2, 0) is 21.2 Å². The Balaban J connectivity index is 2.21. The molecular formula is C20H21F5N2O5S. The topological polar surface area (TPSA) is 110 Å². The lowest BCUT2D eigenvalue weighted by molar-refractivity contribution is -0.117. The monoisotopic (exact) mass is 496 g/mol. The number of aliphatic hydroxyl groups is 1. The fourth-order valence-corrected chi connectivity index (χ4v) is 4.66. The number of halogens is 5. The Bertz CT molecular complexity index is 1100. The molecule has 1 amide bonds. The van der Waals surface area contributed by atoms with E-state index in [4.69, 9.17) is 10.5 Å². The number of rotatable bonds is 10. The Kier molecular flexibility index (Phi) is 8.38. The molecule has 13 heteroatoms. The fraction of sp³-hybridized carbons (Fsp3) is 0.350. The molecule has 2 aromatic rings. The number of carbonyl (C=O) groups is 1. The zero-order valence-corrected chi connectivity index (χ0v) is 18.3. The third kappa shape index (κ3) is 5.97. The molecule has 182 valence electrons. The SMILES string of the molecule is CC(C)N(CC(O)COc1ccc(CC(N)=O)cc1)S(=O)(=O)c1c(F)c(F)c(F)c(F)c1F. The number of nitrogens with zero attached hydrogens (tertiary/aromatic N) is 1. The van der Waals surface area contributed by atoms with Crippen LogP contribution in [0, 0.1) is 29.1 Å². The number of hydrogen-bond donors (Lipinski definition) is 2. The molecule has 2 rings (SSSR count). The summed E-state index contributed by atoms with van der Waals surface area (Å²) in [6.45, 7) is 1.34. The predicted octanol–water partition coefficient (Wildman–Crippen LogP) is 2.25. The third-order valence-corrected chi connectivity index (χ3v) is 6.51. The first-order valence-corrected chi connectivity index (χ1v) is 10.9. The predicted molar refractivity (Wildman–Crippen MR) is 106 cm³/mol. The minimum atomic E-state index is -5.24. The minimum Gasteiger partial charge on any atom is -0.491 e. The van der Waals surface area contributed by atoms with Crippen LogP contribution in [0.4, 0.5) is 22.0 Å². The number of sulfonamides is 1. The van der Waals surface area contributed by atoms with Gasteiger partial charge in [-0.3, -0.25) is 4.79 Å². The number of ether oxygens (including phenoxy) is 1. The van der Waals surface area contributed by atoms with Crippen molar-refractivity contribution in [3.05, 3.63) is 58.9 Å². The lowest BCUT2D eigenvalue weighted by Crippen LogP contribution is -2.44. The normalized spacial score (nSPS) is 12.9. The summed E-state index contributed by atoms with van der Waals surface area (Å²) in [5.41, 5.74) is 5.69. The van der Waals surface area contributed by atoms with Crippen LogP contribution in [0.2, 0.25) is 0 Å². The van der Waals surface area contributed by atoms with E-state index >= 15 is 0 Å². The zero-order chi connectivity index (χ0) is 25.1. The molecule has 0 radical (unpaired) electrons. The van der Waals surface area contributed by atoms with Gasteiger partial charge in [-0.25, -0.2) is 30.4 Å². The minimum absolute atomic E-state index is 0.00179. The van der Waals surface area contributed by atoms with Crippen molar-refractivity contribution in [1.29, 1.82) is 0 Å². The first-order valence-electron chi connectivity index (χ1n) is 9.48. The number of amides is 1. The summed E-state index contributed by atoms with van der Waals surface area (Å²) in [6.07, 6.45) is -1.53. The summed E-state index contributed by atoms with van der Waals surface area (Å²) in [7, 11) is -5.24. The lowest BCUT2D eigenvalue weighted by atomic mass is 10.1. The highest BCUT2D eigenvalue weighted by Gasteiger charge is 2.38. The van der Waals surface area contributed by atoms with Gasteiger partial charge in [0.1, 0.15) is 18.5 Å². The van der Waals surface area contributed by atoms with Crippen LogP contribution in [-0.4, -0.2) is 49.0 Å². The van der Waals surface area contributed by atoms with Crippen molar-refractivity contribution in [2.24, 2.45) is 5.73 Å². The molecule has 0 heterocycles. The van der Waals surface area contributed by atoms with Gasteiger partial charge >= 0.3 is 0 Å². The Hall–Kier alpha value is -2.77. The summed E-state index contributed by atoms with van der Waals surface area (Å²) >= 11 is 0. The van der Waals surface area contributed by atoms with Gasteiger partial charge in [-0.05, 0) is 31.5 Å². The van der Waals surface area contributed by atoms with Crippen LogP contribution in [0.5, 0.6) is 5.75 Å². The van der Waals surface area contributed by atoms with Gasteiger partial charge < -0.3 is 15.6 Å². The third-order valence-electron chi connectivity index (χ3n) is 4.45. The summed E-state index contributed by atoms with van der Waals surface area (Å²) in [5.74, 6) is -12.6. The Morgan fingerprint density at radius 3 is 1.94 bits per heavy atom. The summed E-state index contributed by atoms with van der Waals surface area (Å²) < 4.78 is 99.8. The standard InChI is InChI=1S/C20H21F5N2O5S/c1-10(2)27(33(30,31)20-18(24)16(22)15(21)17(23)19(20)25)8-12(28)9-32-13-5-3-11(4-6-13)7-14(26)29/h3-6,10,12,28H,7-9H2,1-2H3,(H2,26,29). The maximum absolute atomic E-state index is 14.1. The summed E-state index contributed by atoms with van der Waals surface area (Å²) in [4.78, 5) is 8.89. The first-order chi connectivity index (χ1) is 15.3. The van der Waals surface area contributed by atoms with E-state index in [2.05, 4.69) is 0 Å². The Morgan fingerprint density at radius 1 is 1.00 bits per heavy atom. The number of benzene rings is 2. The van der Waals surface area contributed by atoms with E-state index in [-0.39, 0.29) is 12.2 Å². The van der Waals surface area contributed by atoms with Gasteiger partial charge in [0.15, 0.2) is 28.2 Å². The average Bonchev–Trinajstić information content (AvgIpc) is 2.73. The molecule has 7 nitrogen and oxygen atoms in total. The highest BCUT2D eigenvalue weighted by molar-refractivity contribution is 7.89. The fourth-order valence-electron chi connectivity index (χ4n) is 2.87. The van der Waals surface area contributed by atoms with E-state index in [9.17, 15) is 40.3 Å². The van der Waals surface area contributed by atoms with Gasteiger partial charge in [-0.15, -0.1) is 0 Å². The molecule has 1 atom stereocenters. The van der Waals surface area contributed by atoms with Crippen LogP contribution < -0.4 is 10.5 Å². The molecule has 0 bridgehead atoms. The number of primary amides is 1. The second kappa shape index (κ2) is 10.4. The molecule has 0 fully saturated rings. The average molecular weight is 496 g/mol. The maximum Gasteiger partial charge on any atom is 0.249 e. The van der Waals surface area contributed by atoms with Gasteiger partial charge in [0.2, 0.25) is 21.7 Å². The largest absolute Gasteiger partial charge is 0.491 e. The molecule has 0 saturated heterocycles. The van der Waals surface area contributed by atoms with Crippen LogP contribution in [0.1, 0.15) is 19.4 Å². The van der Waals surface area contributed by atoms with Crippen LogP contribution in [0.15, 0.2) is 29.2 Å². The summed E-state index contributed by atoms with van der Waals surface area (Å²) in [5, 5.41) is 10.2. The zero-order valence-electron chi connectivity index (χ0n) is 17.5. The lowest BCUT2D eigenvalue weighted by Gasteiger charge is -2.28. The van der Waals surface area contributed by atoms with Gasteiger partial charge in [0.05, 0.1) is 6.42 Å². The molecule has 3 N–H and O–H groups in total. The van der Waals surface area contributed by atoms with E-state index in [0.717, 1.165) is 0 Å². The van der Waals surface area contributed by atoms with Crippen molar-refractivity contribution < 1.29 is 45.0 Å². The van der Waals surface area contributed by atoms with Crippen molar-refractivity contribution in [1.82, 2.24) is 4.31 Å². The molecule has 0 spiro atoms. The Labute approximate surface area is 186 Å². The van der Waals surface area contributed by atoms with E-state index in [0.29, 0.717) is 9.87 Å². The van der Waals surface area contributed by atoms with Gasteiger partial charge in [0, 0.05) is 12.6 Å². The van der Waals surface area contributed by atoms with Crippen molar-refractivity contribution in [3.8, 4) is 5.75 Å². The van der Waals surface area contributed by atoms with Crippen LogP contribution in [0.3, 0.4) is 0 Å². The van der Waals surface area contributed by atoms with Gasteiger partial charge in [-0.2, -0.15) is 4.31 Å². The number of aliphatic hydroxyl groups excluding tert-OH is 1. The highest BCUT2D eigenvalue weighted by Crippen LogP contribution is 2.30. The molecule has 2 aromatic carbocycles. The molecule has 0 aromatic heterocycles. The number of nitrogens with two attached hydrogens (primary N) is 1. The first kappa shape index (κ1) is 26.5. The highest BCUT2D eigenvalue weighted by atomic mass is 32.2. The van der Waals surface area contributed by atoms with Gasteiger partial charge in [-0.1, -0.05) is 12.1 Å². The second-order valence-electron chi connectivity index (χ2n) is 7.32. The molecule has 33 heavy (non-hydrogen) atoms. The summed E-state index contributed by atoms with van der Waals surface area (Å²) in [6, 6.07) is 5.00. The molecule has 0 saturated carbocycles. The van der Waals surface area contributed by atoms with Crippen molar-refractivity contribution in [3.63, 3.8) is 0 Å². The molecule has 0 aliphatic heterocycles. The molecule has 0 aliphatic carbocycles. The van der Waals surface area contributed by atoms with Crippen molar-refractivity contribution in [2.75, 3.05) is 13.2 Å². The Morgan fingerprint density at radius 2 is 1.48 bits per heavy atom. The second-order valence-corrected chi connectivity index (χ2v) is 9.15. The van der Waals surface area contributed by atoms with Gasteiger partial charge in [0.25, 0.3) is 0 Å². The van der Waals surface area contributed by atoms with E-state index in [1.165, 1.54) is 26.0 Å².